The highest BCUT2D eigenvalue weighted by atomic mass is 35.5. The summed E-state index contributed by atoms with van der Waals surface area (Å²) in [4.78, 5) is 13.2. The third-order valence-corrected chi connectivity index (χ3v) is 7.57. The van der Waals surface area contributed by atoms with E-state index in [0.717, 1.165) is 27.0 Å². The van der Waals surface area contributed by atoms with Gasteiger partial charge in [0.05, 0.1) is 17.5 Å². The van der Waals surface area contributed by atoms with Crippen molar-refractivity contribution < 1.29 is 19.0 Å². The molecule has 180 valence electrons. The summed E-state index contributed by atoms with van der Waals surface area (Å²) in [6.45, 7) is 2.46. The van der Waals surface area contributed by atoms with Crippen molar-refractivity contribution in [3.63, 3.8) is 0 Å². The van der Waals surface area contributed by atoms with Gasteiger partial charge < -0.3 is 19.9 Å². The minimum absolute atomic E-state index is 0.00297. The van der Waals surface area contributed by atoms with Crippen LogP contribution in [-0.2, 0) is 0 Å². The van der Waals surface area contributed by atoms with E-state index in [9.17, 15) is 10.1 Å². The average molecular weight is 537 g/mol. The van der Waals surface area contributed by atoms with Gasteiger partial charge in [-0.05, 0) is 42.8 Å². The highest BCUT2D eigenvalue weighted by molar-refractivity contribution is 7.21. The van der Waals surface area contributed by atoms with E-state index in [2.05, 4.69) is 6.07 Å². The molecule has 9 heteroatoms. The van der Waals surface area contributed by atoms with Gasteiger partial charge in [0.15, 0.2) is 0 Å². The molecule has 0 amide bonds. The van der Waals surface area contributed by atoms with Gasteiger partial charge in [0.1, 0.15) is 33.8 Å². The molecule has 2 N–H and O–H groups in total. The van der Waals surface area contributed by atoms with E-state index in [-0.39, 0.29) is 16.5 Å². The zero-order valence-electron chi connectivity index (χ0n) is 18.9. The summed E-state index contributed by atoms with van der Waals surface area (Å²) in [5.41, 5.74) is 7.97. The molecule has 0 saturated carbocycles. The number of nitrogens with zero attached hydrogens (tertiary/aromatic N) is 1. The molecule has 0 radical (unpaired) electrons. The number of benzene rings is 3. The number of hydrogen-bond acceptors (Lipinski definition) is 7. The number of nitriles is 1. The summed E-state index contributed by atoms with van der Waals surface area (Å²) in [7, 11) is 0. The maximum absolute atomic E-state index is 12.9. The van der Waals surface area contributed by atoms with Crippen molar-refractivity contribution in [2.75, 3.05) is 6.61 Å². The number of allylic oxidation sites excluding steroid dienone is 1. The fourth-order valence-corrected chi connectivity index (χ4v) is 5.75. The first kappa shape index (κ1) is 24.0. The molecule has 2 heterocycles. The summed E-state index contributed by atoms with van der Waals surface area (Å²) in [6.07, 6.45) is 0. The van der Waals surface area contributed by atoms with E-state index in [1.165, 1.54) is 11.3 Å². The van der Waals surface area contributed by atoms with E-state index in [1.807, 2.05) is 31.2 Å². The van der Waals surface area contributed by atoms with Crippen LogP contribution in [0, 0.1) is 11.3 Å². The van der Waals surface area contributed by atoms with Crippen LogP contribution in [0.3, 0.4) is 0 Å². The number of thiophene rings is 1. The van der Waals surface area contributed by atoms with E-state index in [4.69, 9.17) is 43.1 Å². The van der Waals surface area contributed by atoms with Gasteiger partial charge in [-0.1, -0.05) is 47.5 Å². The summed E-state index contributed by atoms with van der Waals surface area (Å²) in [5.74, 6) is 0.331. The Morgan fingerprint density at radius 2 is 1.86 bits per heavy atom. The van der Waals surface area contributed by atoms with Gasteiger partial charge in [0, 0.05) is 26.7 Å². The number of nitrogens with two attached hydrogens (primary N) is 1. The molecule has 0 fully saturated rings. The Labute approximate surface area is 221 Å². The summed E-state index contributed by atoms with van der Waals surface area (Å²) < 4.78 is 17.7. The van der Waals surface area contributed by atoms with Gasteiger partial charge in [-0.2, -0.15) is 5.26 Å². The quantitative estimate of drug-likeness (QED) is 0.217. The molecule has 1 aromatic heterocycles. The number of ether oxygens (including phenoxy) is 3. The second-order valence-corrected chi connectivity index (χ2v) is 9.77. The van der Waals surface area contributed by atoms with Crippen molar-refractivity contribution in [3.8, 4) is 23.3 Å². The third-order valence-electron chi connectivity index (χ3n) is 5.70. The molecule has 6 nitrogen and oxygen atoms in total. The van der Waals surface area contributed by atoms with Crippen LogP contribution in [0.15, 0.2) is 72.1 Å². The fourth-order valence-electron chi connectivity index (χ4n) is 4.09. The van der Waals surface area contributed by atoms with Crippen molar-refractivity contribution in [1.82, 2.24) is 0 Å². The van der Waals surface area contributed by atoms with Gasteiger partial charge in [-0.3, -0.25) is 0 Å². The molecule has 0 aliphatic carbocycles. The van der Waals surface area contributed by atoms with Crippen LogP contribution in [0.4, 0.5) is 0 Å². The molecule has 3 aromatic carbocycles. The Balaban J connectivity index is 1.46. The molecular weight excluding hydrogens is 519 g/mol. The lowest BCUT2D eigenvalue weighted by Crippen LogP contribution is -2.21. The van der Waals surface area contributed by atoms with Crippen LogP contribution in [-0.4, -0.2) is 12.6 Å². The third kappa shape index (κ3) is 4.35. The number of carbonyl (C=O) groups excluding carboxylic acids is 1. The molecule has 0 spiro atoms. The van der Waals surface area contributed by atoms with Crippen molar-refractivity contribution in [2.45, 2.75) is 12.8 Å². The highest BCUT2D eigenvalue weighted by Crippen LogP contribution is 2.44. The largest absolute Gasteiger partial charge is 0.494 e. The molecule has 36 heavy (non-hydrogen) atoms. The first-order chi connectivity index (χ1) is 17.4. The van der Waals surface area contributed by atoms with Crippen molar-refractivity contribution in [1.29, 1.82) is 5.26 Å². The van der Waals surface area contributed by atoms with E-state index >= 15 is 0 Å². The predicted molar refractivity (Wildman–Crippen MR) is 140 cm³/mol. The predicted octanol–water partition coefficient (Wildman–Crippen LogP) is 7.04. The molecule has 5 rings (SSSR count). The molecule has 1 aliphatic rings. The normalized spacial score (nSPS) is 14.7. The lowest BCUT2D eigenvalue weighted by molar-refractivity contribution is 0.0740. The first-order valence-corrected chi connectivity index (χ1v) is 12.5. The molecule has 0 saturated heterocycles. The second-order valence-electron chi connectivity index (χ2n) is 7.90. The maximum Gasteiger partial charge on any atom is 0.355 e. The first-order valence-electron chi connectivity index (χ1n) is 10.9. The van der Waals surface area contributed by atoms with Crippen molar-refractivity contribution in [3.05, 3.63) is 98.2 Å². The van der Waals surface area contributed by atoms with E-state index in [0.29, 0.717) is 28.0 Å². The van der Waals surface area contributed by atoms with Gasteiger partial charge in [0.2, 0.25) is 5.88 Å². The van der Waals surface area contributed by atoms with Crippen LogP contribution in [0.5, 0.6) is 17.2 Å². The van der Waals surface area contributed by atoms with Crippen LogP contribution in [0.1, 0.15) is 33.6 Å². The Morgan fingerprint density at radius 1 is 1.11 bits per heavy atom. The number of hydrogen-bond donors (Lipinski definition) is 1. The number of halogens is 2. The molecular formula is C27H18Cl2N2O4S. The minimum atomic E-state index is -0.600. The van der Waals surface area contributed by atoms with Crippen molar-refractivity contribution >= 4 is 50.6 Å². The monoisotopic (exact) mass is 536 g/mol. The van der Waals surface area contributed by atoms with Crippen LogP contribution < -0.4 is 19.9 Å². The summed E-state index contributed by atoms with van der Waals surface area (Å²) in [5, 5.41) is 11.4. The molecule has 4 aromatic rings. The average Bonchev–Trinajstić information content (AvgIpc) is 3.19. The van der Waals surface area contributed by atoms with Gasteiger partial charge >= 0.3 is 5.97 Å². The van der Waals surface area contributed by atoms with Crippen LogP contribution in [0.25, 0.3) is 10.1 Å². The van der Waals surface area contributed by atoms with E-state index in [1.54, 1.807) is 36.4 Å². The fraction of sp³-hybridized carbons (Fsp3) is 0.111. The standard InChI is InChI=1S/C27H18Cl2N2O4S/c1-2-33-16-6-3-14(4-7-16)23-18-10-8-17(12-21(18)35-26(31)20(23)13-30)34-27(32)25-24(29)19-9-5-15(28)11-22(19)36-25/h3-12,23H,2,31H2,1H3. The Kier molecular flexibility index (Phi) is 6.50. The topological polar surface area (TPSA) is 94.6 Å². The zero-order chi connectivity index (χ0) is 25.4. The zero-order valence-corrected chi connectivity index (χ0v) is 21.2. The van der Waals surface area contributed by atoms with E-state index < -0.39 is 11.9 Å². The molecule has 0 bridgehead atoms. The Hall–Kier alpha value is -3.70. The summed E-state index contributed by atoms with van der Waals surface area (Å²) >= 11 is 13.7. The SMILES string of the molecule is CCOc1ccc(C2C(C#N)=C(N)Oc3cc(OC(=O)c4sc5cc(Cl)ccc5c4Cl)ccc32)cc1. The lowest BCUT2D eigenvalue weighted by atomic mass is 9.83. The number of esters is 1. The van der Waals surface area contributed by atoms with Crippen LogP contribution in [0.2, 0.25) is 10.0 Å². The Morgan fingerprint density at radius 3 is 2.58 bits per heavy atom. The summed E-state index contributed by atoms with van der Waals surface area (Å²) in [6, 6.07) is 19.8. The van der Waals surface area contributed by atoms with Crippen molar-refractivity contribution in [2.24, 2.45) is 5.73 Å². The van der Waals surface area contributed by atoms with Gasteiger partial charge in [-0.25, -0.2) is 4.79 Å². The van der Waals surface area contributed by atoms with Gasteiger partial charge in [-0.15, -0.1) is 11.3 Å². The molecule has 1 atom stereocenters. The second kappa shape index (κ2) is 9.75. The number of rotatable bonds is 5. The maximum atomic E-state index is 12.9. The highest BCUT2D eigenvalue weighted by Gasteiger charge is 2.31. The lowest BCUT2D eigenvalue weighted by Gasteiger charge is -2.26. The molecule has 1 aliphatic heterocycles. The minimum Gasteiger partial charge on any atom is -0.494 e. The number of carbonyl (C=O) groups is 1. The smallest absolute Gasteiger partial charge is 0.355 e. The molecule has 1 unspecified atom stereocenters. The Bertz CT molecular complexity index is 1570. The van der Waals surface area contributed by atoms with Crippen LogP contribution >= 0.6 is 34.5 Å². The number of fused-ring (bicyclic) bond motifs is 2. The van der Waals surface area contributed by atoms with Gasteiger partial charge in [0.25, 0.3) is 0 Å².